The summed E-state index contributed by atoms with van der Waals surface area (Å²) in [4.78, 5) is 32.7. The fourth-order valence-corrected chi connectivity index (χ4v) is 3.87. The van der Waals surface area contributed by atoms with Crippen molar-refractivity contribution in [3.63, 3.8) is 0 Å². The van der Waals surface area contributed by atoms with Gasteiger partial charge in [-0.1, -0.05) is 44.5 Å². The molecule has 2 aromatic carbocycles. The maximum Gasteiger partial charge on any atom is 0.278 e. The Morgan fingerprint density at radius 2 is 1.77 bits per heavy atom. The van der Waals surface area contributed by atoms with Crippen molar-refractivity contribution in [2.75, 3.05) is 36.1 Å². The van der Waals surface area contributed by atoms with Crippen molar-refractivity contribution < 1.29 is 18.0 Å². The van der Waals surface area contributed by atoms with Crippen LogP contribution in [0.2, 0.25) is 5.02 Å². The Kier molecular flexibility index (Phi) is 9.60. The molecule has 35 heavy (non-hydrogen) atoms. The van der Waals surface area contributed by atoms with E-state index in [2.05, 4.69) is 15.0 Å². The minimum Gasteiger partial charge on any atom is -0.370 e. The third kappa shape index (κ3) is 8.45. The number of amides is 1. The lowest BCUT2D eigenvalue weighted by Gasteiger charge is -2.24. The van der Waals surface area contributed by atoms with Crippen LogP contribution in [0.15, 0.2) is 47.5 Å². The highest BCUT2D eigenvalue weighted by Gasteiger charge is 2.31. The van der Waals surface area contributed by atoms with Gasteiger partial charge in [0.05, 0.1) is 22.7 Å². The van der Waals surface area contributed by atoms with Gasteiger partial charge in [-0.3, -0.25) is 9.59 Å². The van der Waals surface area contributed by atoms with E-state index in [-0.39, 0.29) is 12.3 Å². The van der Waals surface area contributed by atoms with E-state index in [1.807, 2.05) is 30.9 Å². The Hall–Kier alpha value is -2.75. The van der Waals surface area contributed by atoms with Crippen LogP contribution < -0.4 is 14.9 Å². The number of hydrogen-bond donors (Lipinski definition) is 2. The van der Waals surface area contributed by atoms with Gasteiger partial charge in [-0.15, -0.1) is 0 Å². The number of sulfonamides is 1. The first kappa shape index (κ1) is 28.5. The topological polar surface area (TPSA) is 108 Å². The molecule has 10 heteroatoms. The van der Waals surface area contributed by atoms with Gasteiger partial charge in [0.2, 0.25) is 10.0 Å². The maximum absolute atomic E-state index is 13.1. The molecule has 0 aliphatic carbocycles. The molecule has 2 rings (SSSR count). The van der Waals surface area contributed by atoms with Crippen LogP contribution in [0.4, 0.5) is 17.1 Å². The highest BCUT2D eigenvalue weighted by Crippen LogP contribution is 2.27. The summed E-state index contributed by atoms with van der Waals surface area (Å²) >= 11 is 6.17. The number of anilines is 2. The van der Waals surface area contributed by atoms with E-state index in [9.17, 15) is 18.0 Å². The van der Waals surface area contributed by atoms with Crippen molar-refractivity contribution >= 4 is 56.1 Å². The molecule has 0 aliphatic heterocycles. The second-order valence-electron chi connectivity index (χ2n) is 9.19. The SMILES string of the molecule is CCN(CCNS(C)(=O)=O)c1ccc(N=C(C(=O)Nc2ccccc2Cl)C(=O)C(C)(C)C)c(C)c1. The summed E-state index contributed by atoms with van der Waals surface area (Å²) in [5.41, 5.74) is 1.49. The van der Waals surface area contributed by atoms with Crippen LogP contribution in [0, 0.1) is 12.3 Å². The summed E-state index contributed by atoms with van der Waals surface area (Å²) in [6.45, 7) is 10.4. The zero-order chi connectivity index (χ0) is 26.4. The lowest BCUT2D eigenvalue weighted by Crippen LogP contribution is -2.37. The first-order valence-electron chi connectivity index (χ1n) is 11.2. The molecular formula is C25H33ClN4O4S. The number of aryl methyl sites for hydroxylation is 1. The van der Waals surface area contributed by atoms with E-state index in [1.54, 1.807) is 51.1 Å². The first-order valence-corrected chi connectivity index (χ1v) is 13.5. The smallest absolute Gasteiger partial charge is 0.278 e. The summed E-state index contributed by atoms with van der Waals surface area (Å²) in [7, 11) is -3.26. The summed E-state index contributed by atoms with van der Waals surface area (Å²) in [5.74, 6) is -1.03. The number of ketones is 1. The third-order valence-electron chi connectivity index (χ3n) is 5.14. The molecule has 0 saturated heterocycles. The molecule has 2 aromatic rings. The van der Waals surface area contributed by atoms with Crippen LogP contribution in [-0.4, -0.2) is 51.7 Å². The average Bonchev–Trinajstić information content (AvgIpc) is 2.75. The van der Waals surface area contributed by atoms with E-state index in [4.69, 9.17) is 11.6 Å². The van der Waals surface area contributed by atoms with Crippen molar-refractivity contribution in [1.29, 1.82) is 0 Å². The van der Waals surface area contributed by atoms with Gasteiger partial charge in [0.1, 0.15) is 0 Å². The molecule has 1 amide bonds. The van der Waals surface area contributed by atoms with E-state index >= 15 is 0 Å². The Morgan fingerprint density at radius 1 is 1.11 bits per heavy atom. The van der Waals surface area contributed by atoms with Crippen LogP contribution in [0.25, 0.3) is 0 Å². The number of rotatable bonds is 10. The third-order valence-corrected chi connectivity index (χ3v) is 6.20. The van der Waals surface area contributed by atoms with E-state index in [0.717, 1.165) is 17.5 Å². The predicted octanol–water partition coefficient (Wildman–Crippen LogP) is 4.35. The Bertz CT molecular complexity index is 1220. The van der Waals surface area contributed by atoms with Crippen molar-refractivity contribution in [3.8, 4) is 0 Å². The van der Waals surface area contributed by atoms with E-state index < -0.39 is 27.1 Å². The van der Waals surface area contributed by atoms with Crippen LogP contribution >= 0.6 is 11.6 Å². The largest absolute Gasteiger partial charge is 0.370 e. The molecule has 0 fully saturated rings. The lowest BCUT2D eigenvalue weighted by atomic mass is 9.87. The van der Waals surface area contributed by atoms with Gasteiger partial charge in [-0.2, -0.15) is 0 Å². The number of likely N-dealkylation sites (N-methyl/N-ethyl adjacent to an activating group) is 1. The second kappa shape index (κ2) is 11.8. The van der Waals surface area contributed by atoms with Crippen molar-refractivity contribution in [2.45, 2.75) is 34.6 Å². The van der Waals surface area contributed by atoms with Crippen LogP contribution in [0.1, 0.15) is 33.3 Å². The molecular weight excluding hydrogens is 488 g/mol. The number of hydrogen-bond acceptors (Lipinski definition) is 6. The van der Waals surface area contributed by atoms with Crippen LogP contribution in [0.5, 0.6) is 0 Å². The van der Waals surface area contributed by atoms with Crippen molar-refractivity contribution in [1.82, 2.24) is 4.72 Å². The predicted molar refractivity (Wildman–Crippen MR) is 144 cm³/mol. The Morgan fingerprint density at radius 3 is 2.31 bits per heavy atom. The average molecular weight is 521 g/mol. The number of benzene rings is 2. The Labute approximate surface area is 212 Å². The highest BCUT2D eigenvalue weighted by molar-refractivity contribution is 7.88. The molecule has 0 bridgehead atoms. The number of nitrogens with zero attached hydrogens (tertiary/aromatic N) is 2. The zero-order valence-electron chi connectivity index (χ0n) is 21.0. The molecule has 0 heterocycles. The van der Waals surface area contributed by atoms with Crippen molar-refractivity contribution in [3.05, 3.63) is 53.1 Å². The maximum atomic E-state index is 13.1. The van der Waals surface area contributed by atoms with Gasteiger partial charge >= 0.3 is 0 Å². The summed E-state index contributed by atoms with van der Waals surface area (Å²) < 4.78 is 25.2. The molecule has 0 unspecified atom stereocenters. The lowest BCUT2D eigenvalue weighted by molar-refractivity contribution is -0.121. The van der Waals surface area contributed by atoms with Crippen LogP contribution in [-0.2, 0) is 19.6 Å². The molecule has 8 nitrogen and oxygen atoms in total. The summed E-state index contributed by atoms with van der Waals surface area (Å²) in [5, 5.41) is 3.05. The fraction of sp³-hybridized carbons (Fsp3) is 0.400. The second-order valence-corrected chi connectivity index (χ2v) is 11.4. The summed E-state index contributed by atoms with van der Waals surface area (Å²) in [6.07, 6.45) is 1.12. The minimum atomic E-state index is -3.26. The number of nitrogens with one attached hydrogen (secondary N) is 2. The summed E-state index contributed by atoms with van der Waals surface area (Å²) in [6, 6.07) is 12.3. The number of halogens is 1. The number of aliphatic imine (C=N–C) groups is 1. The molecule has 0 saturated carbocycles. The zero-order valence-corrected chi connectivity index (χ0v) is 22.5. The van der Waals surface area contributed by atoms with E-state index in [0.29, 0.717) is 29.5 Å². The Balaban J connectivity index is 2.37. The molecule has 190 valence electrons. The van der Waals surface area contributed by atoms with E-state index in [1.165, 1.54) is 0 Å². The standard InChI is InChI=1S/C25H33ClN4O4S/c1-7-30(15-14-27-35(6,33)34)18-12-13-20(17(2)16-18)28-22(23(31)25(3,4)5)24(32)29-21-11-9-8-10-19(21)26/h8-13,16,27H,7,14-15H2,1-6H3,(H,29,32). The number of para-hydroxylation sites is 1. The van der Waals surface area contributed by atoms with Gasteiger partial charge in [0, 0.05) is 30.7 Å². The van der Waals surface area contributed by atoms with Gasteiger partial charge < -0.3 is 10.2 Å². The molecule has 0 aromatic heterocycles. The molecule has 0 aliphatic rings. The number of carbonyl (C=O) groups excluding carboxylic acids is 2. The van der Waals surface area contributed by atoms with Gasteiger partial charge in [-0.25, -0.2) is 18.1 Å². The van der Waals surface area contributed by atoms with Gasteiger partial charge in [0.15, 0.2) is 11.5 Å². The monoisotopic (exact) mass is 520 g/mol. The minimum absolute atomic E-state index is 0.210. The highest BCUT2D eigenvalue weighted by atomic mass is 35.5. The number of Topliss-reactive ketones (excluding diaryl/α,β-unsaturated/α-hetero) is 1. The van der Waals surface area contributed by atoms with Gasteiger partial charge in [-0.05, 0) is 49.7 Å². The van der Waals surface area contributed by atoms with Crippen molar-refractivity contribution in [2.24, 2.45) is 10.4 Å². The molecule has 0 spiro atoms. The molecule has 0 atom stereocenters. The number of carbonyl (C=O) groups is 2. The molecule has 2 N–H and O–H groups in total. The fourth-order valence-electron chi connectivity index (χ4n) is 3.22. The quantitative estimate of drug-likeness (QED) is 0.357. The first-order chi connectivity index (χ1) is 16.2. The van der Waals surface area contributed by atoms with Crippen LogP contribution in [0.3, 0.4) is 0 Å². The molecule has 0 radical (unpaired) electrons. The van der Waals surface area contributed by atoms with Gasteiger partial charge in [0.25, 0.3) is 5.91 Å². The normalized spacial score (nSPS) is 12.4.